The minimum Gasteiger partial charge on any atom is -0.466 e. The number of esters is 1. The smallest absolute Gasteiger partial charge is 0.305 e. The average molecular weight is 301 g/mol. The standard InChI is InChI=1S/C13H17BrO3/c1-2-8-17-13(16)7-6-12(15)10-4-3-5-11(14)9-10/h3-5,9,12,15H,2,6-8H2,1H3. The van der Waals surface area contributed by atoms with Gasteiger partial charge in [0.1, 0.15) is 0 Å². The van der Waals surface area contributed by atoms with Gasteiger partial charge in [0.05, 0.1) is 12.7 Å². The van der Waals surface area contributed by atoms with Crippen molar-refractivity contribution in [1.82, 2.24) is 0 Å². The predicted molar refractivity (Wildman–Crippen MR) is 69.6 cm³/mol. The molecule has 1 aromatic carbocycles. The maximum Gasteiger partial charge on any atom is 0.305 e. The summed E-state index contributed by atoms with van der Waals surface area (Å²) in [6, 6.07) is 7.44. The second kappa shape index (κ2) is 7.45. The SMILES string of the molecule is CCCOC(=O)CCC(O)c1cccc(Br)c1. The molecule has 0 amide bonds. The van der Waals surface area contributed by atoms with Gasteiger partial charge in [0, 0.05) is 10.9 Å². The van der Waals surface area contributed by atoms with Crippen LogP contribution in [0.1, 0.15) is 37.9 Å². The van der Waals surface area contributed by atoms with Crippen molar-refractivity contribution in [2.75, 3.05) is 6.61 Å². The van der Waals surface area contributed by atoms with Gasteiger partial charge in [0.2, 0.25) is 0 Å². The molecule has 0 aromatic heterocycles. The number of hydrogen-bond donors (Lipinski definition) is 1. The van der Waals surface area contributed by atoms with Crippen LogP contribution in [0.15, 0.2) is 28.7 Å². The summed E-state index contributed by atoms with van der Waals surface area (Å²) in [4.78, 5) is 11.3. The Labute approximate surface area is 110 Å². The second-order valence-electron chi connectivity index (χ2n) is 3.83. The lowest BCUT2D eigenvalue weighted by molar-refractivity contribution is -0.144. The number of aliphatic hydroxyl groups excluding tert-OH is 1. The molecule has 1 aromatic rings. The molecule has 94 valence electrons. The molecule has 3 nitrogen and oxygen atoms in total. The highest BCUT2D eigenvalue weighted by Gasteiger charge is 2.11. The van der Waals surface area contributed by atoms with Crippen molar-refractivity contribution < 1.29 is 14.6 Å². The van der Waals surface area contributed by atoms with E-state index in [1.54, 1.807) is 0 Å². The van der Waals surface area contributed by atoms with Crippen LogP contribution < -0.4 is 0 Å². The molecule has 1 unspecified atom stereocenters. The van der Waals surface area contributed by atoms with Crippen LogP contribution in [0.5, 0.6) is 0 Å². The molecule has 0 heterocycles. The van der Waals surface area contributed by atoms with Gasteiger partial charge in [-0.05, 0) is 30.5 Å². The van der Waals surface area contributed by atoms with Crippen LogP contribution in [-0.2, 0) is 9.53 Å². The van der Waals surface area contributed by atoms with Crippen molar-refractivity contribution in [3.8, 4) is 0 Å². The van der Waals surface area contributed by atoms with Crippen LogP contribution in [0.4, 0.5) is 0 Å². The van der Waals surface area contributed by atoms with Crippen molar-refractivity contribution in [1.29, 1.82) is 0 Å². The van der Waals surface area contributed by atoms with E-state index in [0.29, 0.717) is 13.0 Å². The summed E-state index contributed by atoms with van der Waals surface area (Å²) in [5.41, 5.74) is 0.808. The van der Waals surface area contributed by atoms with E-state index in [4.69, 9.17) is 4.74 Å². The first-order chi connectivity index (χ1) is 8.13. The summed E-state index contributed by atoms with van der Waals surface area (Å²) >= 11 is 3.34. The van der Waals surface area contributed by atoms with E-state index < -0.39 is 6.10 Å². The first-order valence-corrected chi connectivity index (χ1v) is 6.52. The van der Waals surface area contributed by atoms with Gasteiger partial charge in [0.15, 0.2) is 0 Å². The highest BCUT2D eigenvalue weighted by atomic mass is 79.9. The van der Waals surface area contributed by atoms with Crippen LogP contribution in [-0.4, -0.2) is 17.7 Å². The fourth-order valence-electron chi connectivity index (χ4n) is 1.42. The number of carbonyl (C=O) groups excluding carboxylic acids is 1. The van der Waals surface area contributed by atoms with Crippen LogP contribution in [0.3, 0.4) is 0 Å². The minimum absolute atomic E-state index is 0.244. The fourth-order valence-corrected chi connectivity index (χ4v) is 1.84. The van der Waals surface area contributed by atoms with Crippen molar-refractivity contribution in [3.05, 3.63) is 34.3 Å². The zero-order valence-electron chi connectivity index (χ0n) is 9.86. The van der Waals surface area contributed by atoms with E-state index in [1.807, 2.05) is 31.2 Å². The van der Waals surface area contributed by atoms with Crippen LogP contribution in [0, 0.1) is 0 Å². The summed E-state index contributed by atoms with van der Waals surface area (Å²) in [5, 5.41) is 9.89. The third-order valence-corrected chi connectivity index (χ3v) is 2.82. The van der Waals surface area contributed by atoms with E-state index in [0.717, 1.165) is 16.5 Å². The number of aliphatic hydroxyl groups is 1. The van der Waals surface area contributed by atoms with Gasteiger partial charge in [-0.15, -0.1) is 0 Å². The Kier molecular flexibility index (Phi) is 6.22. The Bertz CT molecular complexity index is 365. The first kappa shape index (κ1) is 14.2. The van der Waals surface area contributed by atoms with Gasteiger partial charge in [0.25, 0.3) is 0 Å². The lowest BCUT2D eigenvalue weighted by Crippen LogP contribution is -2.07. The van der Waals surface area contributed by atoms with Gasteiger partial charge in [-0.1, -0.05) is 35.0 Å². The molecule has 0 saturated heterocycles. The molecule has 0 aliphatic heterocycles. The summed E-state index contributed by atoms with van der Waals surface area (Å²) < 4.78 is 5.86. The zero-order valence-corrected chi connectivity index (χ0v) is 11.4. The molecule has 0 saturated carbocycles. The van der Waals surface area contributed by atoms with Gasteiger partial charge in [-0.2, -0.15) is 0 Å². The normalized spacial score (nSPS) is 12.2. The molecule has 1 rings (SSSR count). The van der Waals surface area contributed by atoms with Gasteiger partial charge >= 0.3 is 5.97 Å². The Morgan fingerprint density at radius 3 is 2.94 bits per heavy atom. The average Bonchev–Trinajstić information content (AvgIpc) is 2.33. The van der Waals surface area contributed by atoms with Gasteiger partial charge in [-0.3, -0.25) is 4.79 Å². The molecule has 0 aliphatic carbocycles. The van der Waals surface area contributed by atoms with Crippen LogP contribution in [0.25, 0.3) is 0 Å². The largest absolute Gasteiger partial charge is 0.466 e. The molecule has 17 heavy (non-hydrogen) atoms. The van der Waals surface area contributed by atoms with Crippen LogP contribution in [0.2, 0.25) is 0 Å². The van der Waals surface area contributed by atoms with E-state index in [1.165, 1.54) is 0 Å². The van der Waals surface area contributed by atoms with Gasteiger partial charge < -0.3 is 9.84 Å². The Hall–Kier alpha value is -0.870. The van der Waals surface area contributed by atoms with Gasteiger partial charge in [-0.25, -0.2) is 0 Å². The maximum absolute atomic E-state index is 11.3. The lowest BCUT2D eigenvalue weighted by Gasteiger charge is -2.10. The molecule has 1 N–H and O–H groups in total. The number of carbonyl (C=O) groups is 1. The van der Waals surface area contributed by atoms with E-state index in [9.17, 15) is 9.90 Å². The summed E-state index contributed by atoms with van der Waals surface area (Å²) in [6.45, 7) is 2.40. The number of benzene rings is 1. The zero-order chi connectivity index (χ0) is 12.7. The van der Waals surface area contributed by atoms with Crippen LogP contribution >= 0.6 is 15.9 Å². The quantitative estimate of drug-likeness (QED) is 0.821. The third-order valence-electron chi connectivity index (χ3n) is 2.32. The van der Waals surface area contributed by atoms with E-state index in [2.05, 4.69) is 15.9 Å². The lowest BCUT2D eigenvalue weighted by atomic mass is 10.1. The topological polar surface area (TPSA) is 46.5 Å². The fraction of sp³-hybridized carbons (Fsp3) is 0.462. The Balaban J connectivity index is 2.39. The Morgan fingerprint density at radius 1 is 1.53 bits per heavy atom. The predicted octanol–water partition coefficient (Wildman–Crippen LogP) is 3.22. The third kappa shape index (κ3) is 5.33. The summed E-state index contributed by atoms with van der Waals surface area (Å²) in [5.74, 6) is -0.249. The van der Waals surface area contributed by atoms with E-state index in [-0.39, 0.29) is 12.4 Å². The van der Waals surface area contributed by atoms with Crippen molar-refractivity contribution >= 4 is 21.9 Å². The maximum atomic E-state index is 11.3. The minimum atomic E-state index is -0.623. The number of halogens is 1. The summed E-state index contributed by atoms with van der Waals surface area (Å²) in [7, 11) is 0. The first-order valence-electron chi connectivity index (χ1n) is 5.72. The monoisotopic (exact) mass is 300 g/mol. The Morgan fingerprint density at radius 2 is 2.29 bits per heavy atom. The highest BCUT2D eigenvalue weighted by Crippen LogP contribution is 2.21. The molecule has 0 spiro atoms. The molecular formula is C13H17BrO3. The molecule has 1 atom stereocenters. The van der Waals surface area contributed by atoms with E-state index >= 15 is 0 Å². The summed E-state index contributed by atoms with van der Waals surface area (Å²) in [6.07, 6.45) is 0.828. The number of hydrogen-bond acceptors (Lipinski definition) is 3. The van der Waals surface area contributed by atoms with Crippen molar-refractivity contribution in [3.63, 3.8) is 0 Å². The van der Waals surface area contributed by atoms with Crippen molar-refractivity contribution in [2.24, 2.45) is 0 Å². The molecule has 0 aliphatic rings. The molecule has 0 fully saturated rings. The molecular weight excluding hydrogens is 284 g/mol. The van der Waals surface area contributed by atoms with Crippen molar-refractivity contribution in [2.45, 2.75) is 32.3 Å². The second-order valence-corrected chi connectivity index (χ2v) is 4.75. The number of rotatable bonds is 6. The molecule has 0 radical (unpaired) electrons. The number of ether oxygens (including phenoxy) is 1. The molecule has 0 bridgehead atoms. The molecule has 4 heteroatoms. The highest BCUT2D eigenvalue weighted by molar-refractivity contribution is 9.10.